The first kappa shape index (κ1) is 8.97. The number of urea groups is 1. The number of hydrogen-bond acceptors (Lipinski definition) is 4. The third-order valence-corrected chi connectivity index (χ3v) is 1.23. The maximum atomic E-state index is 11.1. The predicted molar refractivity (Wildman–Crippen MR) is 41.2 cm³/mol. The van der Waals surface area contributed by atoms with E-state index < -0.39 is 11.9 Å². The molecule has 1 rings (SSSR count). The summed E-state index contributed by atoms with van der Waals surface area (Å²) in [7, 11) is 1.32. The lowest BCUT2D eigenvalue weighted by atomic mass is 10.6. The van der Waals surface area contributed by atoms with Gasteiger partial charge in [0.05, 0.1) is 0 Å². The zero-order valence-corrected chi connectivity index (χ0v) is 6.81. The van der Waals surface area contributed by atoms with Crippen LogP contribution in [-0.4, -0.2) is 39.2 Å². The molecule has 0 aliphatic heterocycles. The van der Waals surface area contributed by atoms with Gasteiger partial charge in [0.15, 0.2) is 0 Å². The van der Waals surface area contributed by atoms with Gasteiger partial charge in [-0.3, -0.25) is 15.3 Å². The van der Waals surface area contributed by atoms with Crippen LogP contribution in [0.2, 0.25) is 0 Å². The van der Waals surface area contributed by atoms with Crippen molar-refractivity contribution >= 4 is 11.9 Å². The molecule has 3 amide bonds. The molecular weight excluding hydrogens is 176 g/mol. The standard InChI is InChI=1S/C5H8N6O2/c1-11(5(6)13)10-4(12)3-7-2-8-9-3/h2H,1H3,(H2,6,13)(H,10,12)(H,7,8,9). The van der Waals surface area contributed by atoms with Crippen molar-refractivity contribution in [1.29, 1.82) is 0 Å². The highest BCUT2D eigenvalue weighted by Crippen LogP contribution is 1.85. The maximum Gasteiger partial charge on any atom is 0.333 e. The number of H-pyrrole nitrogens is 1. The molecule has 13 heavy (non-hydrogen) atoms. The molecule has 0 saturated carbocycles. The molecule has 1 aromatic rings. The van der Waals surface area contributed by atoms with Gasteiger partial charge in [0.25, 0.3) is 0 Å². The third-order valence-electron chi connectivity index (χ3n) is 1.23. The molecule has 1 heterocycles. The van der Waals surface area contributed by atoms with Crippen molar-refractivity contribution in [2.75, 3.05) is 7.05 Å². The number of amides is 3. The van der Waals surface area contributed by atoms with Crippen molar-refractivity contribution in [2.45, 2.75) is 0 Å². The van der Waals surface area contributed by atoms with Crippen LogP contribution in [0.15, 0.2) is 6.33 Å². The van der Waals surface area contributed by atoms with E-state index in [0.29, 0.717) is 0 Å². The third kappa shape index (κ3) is 2.15. The van der Waals surface area contributed by atoms with E-state index in [1.54, 1.807) is 0 Å². The lowest BCUT2D eigenvalue weighted by Crippen LogP contribution is -2.46. The highest BCUT2D eigenvalue weighted by atomic mass is 16.2. The number of rotatable bonds is 1. The van der Waals surface area contributed by atoms with Crippen molar-refractivity contribution in [3.63, 3.8) is 0 Å². The average Bonchev–Trinajstić information content (AvgIpc) is 2.55. The molecule has 8 nitrogen and oxygen atoms in total. The number of nitrogens with zero attached hydrogens (tertiary/aromatic N) is 3. The van der Waals surface area contributed by atoms with E-state index in [9.17, 15) is 9.59 Å². The summed E-state index contributed by atoms with van der Waals surface area (Å²) < 4.78 is 0. The van der Waals surface area contributed by atoms with Gasteiger partial charge in [-0.15, -0.1) is 0 Å². The van der Waals surface area contributed by atoms with Gasteiger partial charge in [-0.1, -0.05) is 0 Å². The van der Waals surface area contributed by atoms with Gasteiger partial charge >= 0.3 is 11.9 Å². The van der Waals surface area contributed by atoms with Crippen molar-refractivity contribution < 1.29 is 9.59 Å². The second-order valence-electron chi connectivity index (χ2n) is 2.17. The Morgan fingerprint density at radius 3 is 2.85 bits per heavy atom. The van der Waals surface area contributed by atoms with Crippen molar-refractivity contribution in [2.24, 2.45) is 5.73 Å². The molecule has 4 N–H and O–H groups in total. The van der Waals surface area contributed by atoms with Crippen molar-refractivity contribution in [1.82, 2.24) is 25.6 Å². The molecule has 0 atom stereocenters. The largest absolute Gasteiger partial charge is 0.350 e. The van der Waals surface area contributed by atoms with Crippen LogP contribution in [0, 0.1) is 0 Å². The molecule has 0 aliphatic carbocycles. The second kappa shape index (κ2) is 3.52. The lowest BCUT2D eigenvalue weighted by Gasteiger charge is -2.13. The van der Waals surface area contributed by atoms with Gasteiger partial charge in [0, 0.05) is 7.05 Å². The number of hydrogen-bond donors (Lipinski definition) is 3. The van der Waals surface area contributed by atoms with Gasteiger partial charge in [0.2, 0.25) is 5.82 Å². The molecule has 0 fully saturated rings. The Kier molecular flexibility index (Phi) is 2.43. The van der Waals surface area contributed by atoms with Crippen LogP contribution in [0.3, 0.4) is 0 Å². The van der Waals surface area contributed by atoms with E-state index in [4.69, 9.17) is 5.73 Å². The summed E-state index contributed by atoms with van der Waals surface area (Å²) in [6.45, 7) is 0. The van der Waals surface area contributed by atoms with Crippen LogP contribution < -0.4 is 11.2 Å². The Labute approximate surface area is 73.1 Å². The Balaban J connectivity index is 2.56. The highest BCUT2D eigenvalue weighted by molar-refractivity contribution is 5.91. The molecular formula is C5H8N6O2. The molecule has 0 radical (unpaired) electrons. The summed E-state index contributed by atoms with van der Waals surface area (Å²) in [4.78, 5) is 25.2. The van der Waals surface area contributed by atoms with Crippen LogP contribution in [0.5, 0.6) is 0 Å². The molecule has 8 heteroatoms. The molecule has 70 valence electrons. The normalized spacial score (nSPS) is 9.31. The minimum atomic E-state index is -0.770. The minimum Gasteiger partial charge on any atom is -0.350 e. The number of carbonyl (C=O) groups is 2. The first-order valence-corrected chi connectivity index (χ1v) is 3.30. The van der Waals surface area contributed by atoms with Crippen molar-refractivity contribution in [3.8, 4) is 0 Å². The number of nitrogens with two attached hydrogens (primary N) is 1. The summed E-state index contributed by atoms with van der Waals surface area (Å²) in [6.07, 6.45) is 1.18. The second-order valence-corrected chi connectivity index (χ2v) is 2.17. The molecule has 1 aromatic heterocycles. The number of primary amides is 1. The summed E-state index contributed by atoms with van der Waals surface area (Å²) in [5.74, 6) is -0.577. The summed E-state index contributed by atoms with van der Waals surface area (Å²) in [6, 6.07) is -0.770. The number of nitrogens with one attached hydrogen (secondary N) is 2. The van der Waals surface area contributed by atoms with Gasteiger partial charge < -0.3 is 5.73 Å². The zero-order chi connectivity index (χ0) is 9.84. The first-order valence-electron chi connectivity index (χ1n) is 3.30. The Hall–Kier alpha value is -2.12. The zero-order valence-electron chi connectivity index (χ0n) is 6.81. The first-order chi connectivity index (χ1) is 6.11. The van der Waals surface area contributed by atoms with E-state index in [1.165, 1.54) is 13.4 Å². The number of carbonyl (C=O) groups excluding carboxylic acids is 2. The van der Waals surface area contributed by atoms with Gasteiger partial charge in [-0.05, 0) is 0 Å². The topological polar surface area (TPSA) is 117 Å². The van der Waals surface area contributed by atoms with Gasteiger partial charge in [-0.25, -0.2) is 14.8 Å². The van der Waals surface area contributed by atoms with Crippen LogP contribution in [0.4, 0.5) is 4.79 Å². The minimum absolute atomic E-state index is 0.00750. The Bertz CT molecular complexity index is 307. The molecule has 0 saturated heterocycles. The fraction of sp³-hybridized carbons (Fsp3) is 0.200. The average molecular weight is 184 g/mol. The van der Waals surface area contributed by atoms with E-state index >= 15 is 0 Å². The van der Waals surface area contributed by atoms with Crippen LogP contribution in [0.25, 0.3) is 0 Å². The van der Waals surface area contributed by atoms with E-state index in [0.717, 1.165) is 5.01 Å². The summed E-state index contributed by atoms with van der Waals surface area (Å²) in [5, 5.41) is 6.63. The smallest absolute Gasteiger partial charge is 0.333 e. The fourth-order valence-corrected chi connectivity index (χ4v) is 0.575. The quantitative estimate of drug-likeness (QED) is 0.458. The van der Waals surface area contributed by atoms with E-state index in [2.05, 4.69) is 20.6 Å². The Morgan fingerprint density at radius 2 is 2.38 bits per heavy atom. The van der Waals surface area contributed by atoms with E-state index in [1.807, 2.05) is 0 Å². The highest BCUT2D eigenvalue weighted by Gasteiger charge is 2.12. The van der Waals surface area contributed by atoms with Crippen molar-refractivity contribution in [3.05, 3.63) is 12.2 Å². The number of hydrazine groups is 1. The lowest BCUT2D eigenvalue weighted by molar-refractivity contribution is 0.0849. The molecule has 0 bridgehead atoms. The molecule has 0 unspecified atom stereocenters. The Morgan fingerprint density at radius 1 is 1.69 bits per heavy atom. The predicted octanol–water partition coefficient (Wildman–Crippen LogP) is -1.54. The number of aromatic nitrogens is 3. The number of aromatic amines is 1. The summed E-state index contributed by atoms with van der Waals surface area (Å²) >= 11 is 0. The molecule has 0 aromatic carbocycles. The molecule has 0 aliphatic rings. The molecule has 0 spiro atoms. The van der Waals surface area contributed by atoms with Crippen LogP contribution >= 0.6 is 0 Å². The van der Waals surface area contributed by atoms with Gasteiger partial charge in [0.1, 0.15) is 6.33 Å². The van der Waals surface area contributed by atoms with Crippen LogP contribution in [-0.2, 0) is 0 Å². The monoisotopic (exact) mass is 184 g/mol. The van der Waals surface area contributed by atoms with E-state index in [-0.39, 0.29) is 5.82 Å². The van der Waals surface area contributed by atoms with Gasteiger partial charge in [-0.2, -0.15) is 5.10 Å². The van der Waals surface area contributed by atoms with Crippen LogP contribution in [0.1, 0.15) is 10.6 Å². The SMILES string of the molecule is CN(NC(=O)c1ncn[nH]1)C(N)=O. The maximum absolute atomic E-state index is 11.1. The fourth-order valence-electron chi connectivity index (χ4n) is 0.575. The summed E-state index contributed by atoms with van der Waals surface area (Å²) in [5.41, 5.74) is 7.03.